The van der Waals surface area contributed by atoms with Gasteiger partial charge in [-0.3, -0.25) is 4.79 Å². The first-order valence-corrected chi connectivity index (χ1v) is 10.8. The summed E-state index contributed by atoms with van der Waals surface area (Å²) in [5.74, 6) is -2.00. The fourth-order valence-corrected chi connectivity index (χ4v) is 3.67. The molecule has 0 aliphatic rings. The Kier molecular flexibility index (Phi) is 6.73. The number of aliphatic carboxylic acids is 1. The predicted octanol–water partition coefficient (Wildman–Crippen LogP) is 5.72. The van der Waals surface area contributed by atoms with Crippen LogP contribution in [0.4, 0.5) is 13.2 Å². The number of rotatable bonds is 6. The zero-order chi connectivity index (χ0) is 25.9. The quantitative estimate of drug-likeness (QED) is 0.338. The Morgan fingerprint density at radius 3 is 2.19 bits per heavy atom. The highest BCUT2D eigenvalue weighted by atomic mass is 19.4. The first kappa shape index (κ1) is 24.5. The third-order valence-corrected chi connectivity index (χ3v) is 5.38. The Balaban J connectivity index is 1.87. The molecule has 4 rings (SSSR count). The van der Waals surface area contributed by atoms with E-state index < -0.39 is 29.3 Å². The molecular formula is C27H20F3N3O3. The number of carbonyl (C=O) groups is 2. The number of halogens is 3. The number of amides is 1. The van der Waals surface area contributed by atoms with Crippen molar-refractivity contribution >= 4 is 18.0 Å². The summed E-state index contributed by atoms with van der Waals surface area (Å²) in [6, 6.07) is 21.6. The lowest BCUT2D eigenvalue weighted by Gasteiger charge is -2.12. The van der Waals surface area contributed by atoms with Crippen LogP contribution in [0.1, 0.15) is 27.2 Å². The van der Waals surface area contributed by atoms with Gasteiger partial charge in [-0.15, -0.1) is 0 Å². The van der Waals surface area contributed by atoms with Gasteiger partial charge in [-0.2, -0.15) is 18.3 Å². The zero-order valence-corrected chi connectivity index (χ0v) is 19.0. The topological polar surface area (TPSA) is 84.2 Å². The van der Waals surface area contributed by atoms with Gasteiger partial charge in [-0.1, -0.05) is 54.6 Å². The van der Waals surface area contributed by atoms with Crippen LogP contribution in [-0.2, 0) is 11.0 Å². The summed E-state index contributed by atoms with van der Waals surface area (Å²) in [6.45, 7) is 1.61. The Morgan fingerprint density at radius 1 is 0.944 bits per heavy atom. The third kappa shape index (κ3) is 5.20. The highest BCUT2D eigenvalue weighted by Crippen LogP contribution is 2.34. The van der Waals surface area contributed by atoms with Gasteiger partial charge in [0, 0.05) is 16.7 Å². The van der Waals surface area contributed by atoms with Gasteiger partial charge in [-0.05, 0) is 43.3 Å². The Bertz CT molecular complexity index is 1440. The van der Waals surface area contributed by atoms with E-state index in [1.54, 1.807) is 67.6 Å². The van der Waals surface area contributed by atoms with Crippen LogP contribution in [0, 0.1) is 6.92 Å². The van der Waals surface area contributed by atoms with Crippen LogP contribution >= 0.6 is 0 Å². The normalized spacial score (nSPS) is 11.8. The predicted molar refractivity (Wildman–Crippen MR) is 128 cm³/mol. The monoisotopic (exact) mass is 491 g/mol. The van der Waals surface area contributed by atoms with Gasteiger partial charge in [0.05, 0.1) is 22.6 Å². The van der Waals surface area contributed by atoms with Crippen LogP contribution < -0.4 is 5.32 Å². The van der Waals surface area contributed by atoms with Crippen LogP contribution in [0.15, 0.2) is 90.6 Å². The molecule has 6 nitrogen and oxygen atoms in total. The molecule has 1 amide bonds. The molecule has 0 atom stereocenters. The van der Waals surface area contributed by atoms with Crippen LogP contribution in [0.5, 0.6) is 0 Å². The van der Waals surface area contributed by atoms with E-state index in [9.17, 15) is 27.9 Å². The summed E-state index contributed by atoms with van der Waals surface area (Å²) >= 11 is 0. The average molecular weight is 491 g/mol. The SMILES string of the molecule is Cc1nn(-c2cccc(C(F)(F)F)c2)c(-c2ccccc2)c1/C=C(/NC(=O)c1ccccc1)C(=O)O. The van der Waals surface area contributed by atoms with Crippen LogP contribution in [0.3, 0.4) is 0 Å². The lowest BCUT2D eigenvalue weighted by Crippen LogP contribution is -2.27. The van der Waals surface area contributed by atoms with Gasteiger partial charge in [0.1, 0.15) is 5.70 Å². The van der Waals surface area contributed by atoms with Crippen molar-refractivity contribution in [1.29, 1.82) is 0 Å². The molecule has 0 saturated carbocycles. The maximum Gasteiger partial charge on any atom is 0.416 e. The molecule has 0 fully saturated rings. The van der Waals surface area contributed by atoms with Crippen molar-refractivity contribution in [3.8, 4) is 16.9 Å². The molecule has 9 heteroatoms. The molecule has 0 radical (unpaired) electrons. The van der Waals surface area contributed by atoms with Gasteiger partial charge in [0.2, 0.25) is 0 Å². The van der Waals surface area contributed by atoms with Crippen molar-refractivity contribution in [2.24, 2.45) is 0 Å². The van der Waals surface area contributed by atoms with E-state index in [1.807, 2.05) is 0 Å². The second-order valence-electron chi connectivity index (χ2n) is 7.86. The number of benzene rings is 3. The number of aromatic nitrogens is 2. The third-order valence-electron chi connectivity index (χ3n) is 5.38. The summed E-state index contributed by atoms with van der Waals surface area (Å²) in [5, 5.41) is 16.6. The zero-order valence-electron chi connectivity index (χ0n) is 19.0. The van der Waals surface area contributed by atoms with Gasteiger partial charge < -0.3 is 10.4 Å². The molecule has 0 bridgehead atoms. The minimum absolute atomic E-state index is 0.150. The number of nitrogens with one attached hydrogen (secondary N) is 1. The van der Waals surface area contributed by atoms with Crippen molar-refractivity contribution in [2.75, 3.05) is 0 Å². The number of hydrogen-bond donors (Lipinski definition) is 2. The van der Waals surface area contributed by atoms with E-state index in [1.165, 1.54) is 22.9 Å². The summed E-state index contributed by atoms with van der Waals surface area (Å²) in [6.07, 6.45) is -3.29. The standard InChI is InChI=1S/C27H20F3N3O3/c1-17-22(16-23(26(35)36)31-25(34)19-11-6-3-7-12-19)24(18-9-4-2-5-10-18)33(32-17)21-14-8-13-20(15-21)27(28,29)30/h2-16H,1H3,(H,31,34)(H,35,36)/b23-16+. The number of hydrogen-bond acceptors (Lipinski definition) is 3. The molecule has 2 N–H and O–H groups in total. The molecule has 3 aromatic carbocycles. The summed E-state index contributed by atoms with van der Waals surface area (Å²) in [4.78, 5) is 24.6. The fraction of sp³-hybridized carbons (Fsp3) is 0.0741. The summed E-state index contributed by atoms with van der Waals surface area (Å²) in [5.41, 5.74) is 0.837. The maximum atomic E-state index is 13.4. The van der Waals surface area contributed by atoms with Gasteiger partial charge >= 0.3 is 12.1 Å². The number of carbonyl (C=O) groups excluding carboxylic acids is 1. The van der Waals surface area contributed by atoms with Crippen molar-refractivity contribution in [1.82, 2.24) is 15.1 Å². The fourth-order valence-electron chi connectivity index (χ4n) is 3.67. The molecule has 0 aliphatic carbocycles. The highest BCUT2D eigenvalue weighted by Gasteiger charge is 2.31. The Hall–Kier alpha value is -4.66. The molecule has 36 heavy (non-hydrogen) atoms. The Morgan fingerprint density at radius 2 is 1.58 bits per heavy atom. The number of carboxylic acids is 1. The van der Waals surface area contributed by atoms with E-state index in [-0.39, 0.29) is 11.3 Å². The van der Waals surface area contributed by atoms with Crippen molar-refractivity contribution in [3.63, 3.8) is 0 Å². The number of carboxylic acid groups (broad SMARTS) is 1. The molecule has 4 aromatic rings. The van der Waals surface area contributed by atoms with E-state index in [4.69, 9.17) is 0 Å². The van der Waals surface area contributed by atoms with Crippen molar-refractivity contribution < 1.29 is 27.9 Å². The number of aryl methyl sites for hydroxylation is 1. The molecule has 0 saturated heterocycles. The number of nitrogens with zero attached hydrogens (tertiary/aromatic N) is 2. The lowest BCUT2D eigenvalue weighted by atomic mass is 10.0. The minimum atomic E-state index is -4.55. The second kappa shape index (κ2) is 9.91. The van der Waals surface area contributed by atoms with Crippen molar-refractivity contribution in [3.05, 3.63) is 113 Å². The summed E-state index contributed by atoms with van der Waals surface area (Å²) < 4.78 is 41.4. The first-order valence-electron chi connectivity index (χ1n) is 10.8. The van der Waals surface area contributed by atoms with Crippen LogP contribution in [0.2, 0.25) is 0 Å². The van der Waals surface area contributed by atoms with E-state index in [0.717, 1.165) is 12.1 Å². The first-order chi connectivity index (χ1) is 17.1. The van der Waals surface area contributed by atoms with Gasteiger partial charge in [-0.25, -0.2) is 9.48 Å². The summed E-state index contributed by atoms with van der Waals surface area (Å²) in [7, 11) is 0. The van der Waals surface area contributed by atoms with E-state index in [0.29, 0.717) is 22.5 Å². The average Bonchev–Trinajstić information content (AvgIpc) is 3.20. The van der Waals surface area contributed by atoms with E-state index >= 15 is 0 Å². The molecule has 0 spiro atoms. The van der Waals surface area contributed by atoms with Crippen molar-refractivity contribution in [2.45, 2.75) is 13.1 Å². The number of alkyl halides is 3. The van der Waals surface area contributed by atoms with Crippen LogP contribution in [-0.4, -0.2) is 26.8 Å². The maximum absolute atomic E-state index is 13.4. The molecular weight excluding hydrogens is 471 g/mol. The molecule has 0 unspecified atom stereocenters. The molecule has 182 valence electrons. The minimum Gasteiger partial charge on any atom is -0.477 e. The molecule has 1 aromatic heterocycles. The van der Waals surface area contributed by atoms with E-state index in [2.05, 4.69) is 10.4 Å². The van der Waals surface area contributed by atoms with Crippen LogP contribution in [0.25, 0.3) is 23.0 Å². The molecule has 1 heterocycles. The van der Waals surface area contributed by atoms with Gasteiger partial charge in [0.25, 0.3) is 5.91 Å². The largest absolute Gasteiger partial charge is 0.477 e. The highest BCUT2D eigenvalue weighted by molar-refractivity contribution is 6.03. The Labute approximate surface area is 204 Å². The second-order valence-corrected chi connectivity index (χ2v) is 7.86. The van der Waals surface area contributed by atoms with Gasteiger partial charge in [0.15, 0.2) is 0 Å². The smallest absolute Gasteiger partial charge is 0.416 e. The lowest BCUT2D eigenvalue weighted by molar-refractivity contribution is -0.137. The molecule has 0 aliphatic heterocycles.